The summed E-state index contributed by atoms with van der Waals surface area (Å²) in [5.41, 5.74) is 1.10. The van der Waals surface area contributed by atoms with E-state index < -0.39 is 0 Å². The van der Waals surface area contributed by atoms with Gasteiger partial charge in [0.05, 0.1) is 12.2 Å². The van der Waals surface area contributed by atoms with Crippen molar-refractivity contribution in [3.8, 4) is 0 Å². The first-order valence-corrected chi connectivity index (χ1v) is 8.17. The topological polar surface area (TPSA) is 72.1 Å². The van der Waals surface area contributed by atoms with E-state index in [9.17, 15) is 0 Å². The van der Waals surface area contributed by atoms with Gasteiger partial charge in [-0.05, 0) is 32.8 Å². The number of aliphatic imine (C=N–C) groups is 1. The third-order valence-corrected chi connectivity index (χ3v) is 3.71. The molecule has 0 aliphatic heterocycles. The number of aryl methyl sites for hydroxylation is 3. The van der Waals surface area contributed by atoms with E-state index in [0.29, 0.717) is 6.54 Å². The fourth-order valence-electron chi connectivity index (χ4n) is 2.31. The van der Waals surface area contributed by atoms with Crippen LogP contribution in [0.3, 0.4) is 0 Å². The summed E-state index contributed by atoms with van der Waals surface area (Å²) in [6.07, 6.45) is 7.88. The van der Waals surface area contributed by atoms with Crippen LogP contribution in [-0.2, 0) is 20.1 Å². The largest absolute Gasteiger partial charge is 0.357 e. The van der Waals surface area contributed by atoms with E-state index in [2.05, 4.69) is 37.2 Å². The molecule has 2 aromatic heterocycles. The second kappa shape index (κ2) is 11.1. The average Bonchev–Trinajstić information content (AvgIpc) is 3.13. The van der Waals surface area contributed by atoms with Crippen molar-refractivity contribution >= 4 is 29.9 Å². The Morgan fingerprint density at radius 3 is 2.71 bits per heavy atom. The molecule has 7 nitrogen and oxygen atoms in total. The number of guanidine groups is 1. The number of hydrogen-bond donors (Lipinski definition) is 2. The van der Waals surface area contributed by atoms with Crippen LogP contribution in [-0.4, -0.2) is 38.4 Å². The minimum Gasteiger partial charge on any atom is -0.357 e. The molecule has 0 bridgehead atoms. The van der Waals surface area contributed by atoms with E-state index in [1.807, 2.05) is 37.1 Å². The number of imidazole rings is 1. The summed E-state index contributed by atoms with van der Waals surface area (Å²) >= 11 is 0. The lowest BCUT2D eigenvalue weighted by atomic mass is 10.3. The summed E-state index contributed by atoms with van der Waals surface area (Å²) in [6, 6.07) is 1.99. The standard InChI is InChI=1S/C16H27N7.HI/c1-4-17-16(20-13-15-7-9-21-22(15)3)19-8-5-6-11-23-12-10-18-14(23)2;/h7,9-10,12H,4-6,8,11,13H2,1-3H3,(H2,17,19,20);1H. The van der Waals surface area contributed by atoms with Crippen molar-refractivity contribution < 1.29 is 0 Å². The number of nitrogens with one attached hydrogen (secondary N) is 2. The summed E-state index contributed by atoms with van der Waals surface area (Å²) in [7, 11) is 1.93. The number of aromatic nitrogens is 4. The Morgan fingerprint density at radius 2 is 2.08 bits per heavy atom. The van der Waals surface area contributed by atoms with E-state index in [-0.39, 0.29) is 24.0 Å². The molecule has 2 rings (SSSR count). The van der Waals surface area contributed by atoms with Gasteiger partial charge in [0.15, 0.2) is 5.96 Å². The normalized spacial score (nSPS) is 11.2. The van der Waals surface area contributed by atoms with Crippen LogP contribution >= 0.6 is 24.0 Å². The van der Waals surface area contributed by atoms with Crippen LogP contribution in [0.5, 0.6) is 0 Å². The first-order chi connectivity index (χ1) is 11.2. The molecule has 0 radical (unpaired) electrons. The van der Waals surface area contributed by atoms with Crippen LogP contribution in [0.2, 0.25) is 0 Å². The van der Waals surface area contributed by atoms with E-state index in [1.54, 1.807) is 6.20 Å². The predicted molar refractivity (Wildman–Crippen MR) is 108 cm³/mol. The van der Waals surface area contributed by atoms with Gasteiger partial charge in [-0.1, -0.05) is 0 Å². The van der Waals surface area contributed by atoms with E-state index in [1.165, 1.54) is 0 Å². The molecule has 134 valence electrons. The minimum atomic E-state index is 0. The van der Waals surface area contributed by atoms with Crippen molar-refractivity contribution in [3.63, 3.8) is 0 Å². The second-order valence-electron chi connectivity index (χ2n) is 5.44. The van der Waals surface area contributed by atoms with Crippen molar-refractivity contribution in [3.05, 3.63) is 36.2 Å². The first-order valence-electron chi connectivity index (χ1n) is 8.17. The molecule has 0 aliphatic carbocycles. The number of halogens is 1. The van der Waals surface area contributed by atoms with Crippen molar-refractivity contribution in [2.24, 2.45) is 12.0 Å². The van der Waals surface area contributed by atoms with Gasteiger partial charge < -0.3 is 15.2 Å². The Hall–Kier alpha value is -1.58. The average molecular weight is 445 g/mol. The third-order valence-electron chi connectivity index (χ3n) is 3.71. The molecule has 2 heterocycles. The Morgan fingerprint density at radius 1 is 1.25 bits per heavy atom. The fourth-order valence-corrected chi connectivity index (χ4v) is 2.31. The lowest BCUT2D eigenvalue weighted by Crippen LogP contribution is -2.37. The number of unbranched alkanes of at least 4 members (excludes halogenated alkanes) is 1. The predicted octanol–water partition coefficient (Wildman–Crippen LogP) is 2.08. The second-order valence-corrected chi connectivity index (χ2v) is 5.44. The smallest absolute Gasteiger partial charge is 0.191 e. The quantitative estimate of drug-likeness (QED) is 0.283. The van der Waals surface area contributed by atoms with Crippen LogP contribution in [0.4, 0.5) is 0 Å². The number of rotatable bonds is 8. The molecular weight excluding hydrogens is 417 g/mol. The lowest BCUT2D eigenvalue weighted by Gasteiger charge is -2.11. The summed E-state index contributed by atoms with van der Waals surface area (Å²) in [6.45, 7) is 7.50. The minimum absolute atomic E-state index is 0. The SMILES string of the molecule is CCNC(=NCc1ccnn1C)NCCCCn1ccnc1C.I. The van der Waals surface area contributed by atoms with Gasteiger partial charge in [0.25, 0.3) is 0 Å². The zero-order valence-corrected chi connectivity index (χ0v) is 17.0. The van der Waals surface area contributed by atoms with Crippen LogP contribution < -0.4 is 10.6 Å². The van der Waals surface area contributed by atoms with Crippen molar-refractivity contribution in [2.45, 2.75) is 39.8 Å². The maximum Gasteiger partial charge on any atom is 0.191 e. The highest BCUT2D eigenvalue weighted by Gasteiger charge is 2.01. The van der Waals surface area contributed by atoms with Gasteiger partial charge in [0, 0.05) is 45.3 Å². The van der Waals surface area contributed by atoms with Crippen molar-refractivity contribution in [2.75, 3.05) is 13.1 Å². The highest BCUT2D eigenvalue weighted by Crippen LogP contribution is 2.00. The van der Waals surface area contributed by atoms with Gasteiger partial charge in [0.1, 0.15) is 5.82 Å². The summed E-state index contributed by atoms with van der Waals surface area (Å²) < 4.78 is 4.03. The molecule has 2 N–H and O–H groups in total. The van der Waals surface area contributed by atoms with E-state index in [0.717, 1.165) is 50.0 Å². The Balaban J connectivity index is 0.00000288. The molecule has 0 aromatic carbocycles. The van der Waals surface area contributed by atoms with E-state index in [4.69, 9.17) is 0 Å². The molecular formula is C16H28IN7. The Bertz CT molecular complexity index is 617. The fraction of sp³-hybridized carbons (Fsp3) is 0.562. The van der Waals surface area contributed by atoms with Crippen LogP contribution in [0, 0.1) is 6.92 Å². The monoisotopic (exact) mass is 445 g/mol. The summed E-state index contributed by atoms with van der Waals surface area (Å²) in [5, 5.41) is 10.8. The first kappa shape index (κ1) is 20.5. The molecule has 2 aromatic rings. The zero-order valence-electron chi connectivity index (χ0n) is 14.7. The number of nitrogens with zero attached hydrogens (tertiary/aromatic N) is 5. The molecule has 0 saturated heterocycles. The third kappa shape index (κ3) is 6.50. The molecule has 0 amide bonds. The van der Waals surface area contributed by atoms with Crippen LogP contribution in [0.15, 0.2) is 29.6 Å². The van der Waals surface area contributed by atoms with Gasteiger partial charge in [-0.3, -0.25) is 4.68 Å². The zero-order chi connectivity index (χ0) is 16.5. The Kier molecular flexibility index (Phi) is 9.43. The van der Waals surface area contributed by atoms with Gasteiger partial charge >= 0.3 is 0 Å². The maximum atomic E-state index is 4.60. The van der Waals surface area contributed by atoms with Crippen molar-refractivity contribution in [1.29, 1.82) is 0 Å². The summed E-state index contributed by atoms with van der Waals surface area (Å²) in [5.74, 6) is 1.93. The van der Waals surface area contributed by atoms with Crippen LogP contribution in [0.1, 0.15) is 31.3 Å². The van der Waals surface area contributed by atoms with Gasteiger partial charge in [-0.2, -0.15) is 5.10 Å². The molecule has 0 spiro atoms. The molecule has 24 heavy (non-hydrogen) atoms. The molecule has 0 aliphatic rings. The van der Waals surface area contributed by atoms with Gasteiger partial charge in [-0.15, -0.1) is 24.0 Å². The Labute approximate surface area is 161 Å². The molecule has 8 heteroatoms. The molecule has 0 unspecified atom stereocenters. The van der Waals surface area contributed by atoms with Crippen LogP contribution in [0.25, 0.3) is 0 Å². The summed E-state index contributed by atoms with van der Waals surface area (Å²) in [4.78, 5) is 8.83. The molecule has 0 saturated carbocycles. The highest BCUT2D eigenvalue weighted by molar-refractivity contribution is 14.0. The lowest BCUT2D eigenvalue weighted by molar-refractivity contribution is 0.588. The molecule has 0 atom stereocenters. The number of hydrogen-bond acceptors (Lipinski definition) is 3. The molecule has 0 fully saturated rings. The van der Waals surface area contributed by atoms with Gasteiger partial charge in [0.2, 0.25) is 0 Å². The van der Waals surface area contributed by atoms with E-state index >= 15 is 0 Å². The highest BCUT2D eigenvalue weighted by atomic mass is 127. The van der Waals surface area contributed by atoms with Crippen molar-refractivity contribution in [1.82, 2.24) is 30.0 Å². The maximum absolute atomic E-state index is 4.60. The van der Waals surface area contributed by atoms with Gasteiger partial charge in [-0.25, -0.2) is 9.98 Å².